The molecule has 0 saturated heterocycles. The Bertz CT molecular complexity index is 202. The van der Waals surface area contributed by atoms with E-state index in [-0.39, 0.29) is 17.5 Å². The lowest BCUT2D eigenvalue weighted by Gasteiger charge is -2.28. The highest BCUT2D eigenvalue weighted by Crippen LogP contribution is 2.08. The molecule has 0 rings (SSSR count). The molecule has 0 radical (unpaired) electrons. The van der Waals surface area contributed by atoms with Crippen LogP contribution in [0, 0.1) is 0 Å². The fraction of sp³-hybridized carbons (Fsp3) is 0.923. The highest BCUT2D eigenvalue weighted by Gasteiger charge is 2.21. The second kappa shape index (κ2) is 7.66. The van der Waals surface area contributed by atoms with Crippen LogP contribution in [0.3, 0.4) is 0 Å². The van der Waals surface area contributed by atoms with E-state index in [1.807, 2.05) is 6.92 Å². The van der Waals surface area contributed by atoms with Crippen molar-refractivity contribution in [1.82, 2.24) is 10.6 Å². The van der Waals surface area contributed by atoms with Gasteiger partial charge in [-0.3, -0.25) is 4.79 Å². The van der Waals surface area contributed by atoms with Crippen molar-refractivity contribution in [2.75, 3.05) is 6.54 Å². The van der Waals surface area contributed by atoms with Crippen LogP contribution in [0.5, 0.6) is 0 Å². The van der Waals surface area contributed by atoms with E-state index in [0.29, 0.717) is 0 Å². The third-order valence-corrected chi connectivity index (χ3v) is 2.96. The molecule has 0 aliphatic heterocycles. The van der Waals surface area contributed by atoms with E-state index >= 15 is 0 Å². The summed E-state index contributed by atoms with van der Waals surface area (Å²) in [5, 5.41) is 6.30. The van der Waals surface area contributed by atoms with E-state index in [4.69, 9.17) is 0 Å². The Balaban J connectivity index is 3.82. The molecule has 0 bridgehead atoms. The van der Waals surface area contributed by atoms with E-state index in [1.165, 1.54) is 12.8 Å². The van der Waals surface area contributed by atoms with Gasteiger partial charge >= 0.3 is 0 Å². The van der Waals surface area contributed by atoms with Crippen LogP contribution in [0.15, 0.2) is 0 Å². The van der Waals surface area contributed by atoms with Crippen LogP contribution in [-0.2, 0) is 4.79 Å². The van der Waals surface area contributed by atoms with Crippen molar-refractivity contribution in [3.05, 3.63) is 0 Å². The van der Waals surface area contributed by atoms with Gasteiger partial charge in [-0.2, -0.15) is 0 Å². The van der Waals surface area contributed by atoms with E-state index in [1.54, 1.807) is 0 Å². The van der Waals surface area contributed by atoms with Crippen molar-refractivity contribution in [2.24, 2.45) is 0 Å². The maximum atomic E-state index is 11.7. The van der Waals surface area contributed by atoms with Gasteiger partial charge in [0.05, 0.1) is 6.04 Å². The molecule has 0 aromatic heterocycles. The lowest BCUT2D eigenvalue weighted by Crippen LogP contribution is -2.51. The molecule has 0 fully saturated rings. The standard InChI is InChI=1S/C13H28N2O/c1-6-8-9-10-14-12(16)11(3)15-13(4,5)7-2/h11,15H,6-10H2,1-5H3,(H,14,16). The van der Waals surface area contributed by atoms with Crippen LogP contribution >= 0.6 is 0 Å². The minimum absolute atomic E-state index is 0.0280. The average Bonchev–Trinajstić information content (AvgIpc) is 2.23. The summed E-state index contributed by atoms with van der Waals surface area (Å²) in [6, 6.07) is -0.114. The SMILES string of the molecule is CCCCCNC(=O)C(C)NC(C)(C)CC. The summed E-state index contributed by atoms with van der Waals surface area (Å²) in [7, 11) is 0. The molecule has 0 heterocycles. The van der Waals surface area contributed by atoms with Gasteiger partial charge in [-0.15, -0.1) is 0 Å². The van der Waals surface area contributed by atoms with E-state index < -0.39 is 0 Å². The molecule has 0 spiro atoms. The summed E-state index contributed by atoms with van der Waals surface area (Å²) in [6.45, 7) is 11.2. The number of nitrogens with one attached hydrogen (secondary N) is 2. The molecule has 1 atom stereocenters. The maximum Gasteiger partial charge on any atom is 0.236 e. The lowest BCUT2D eigenvalue weighted by molar-refractivity contribution is -0.123. The Labute approximate surface area is 100 Å². The zero-order valence-corrected chi connectivity index (χ0v) is 11.5. The number of carbonyl (C=O) groups is 1. The third kappa shape index (κ3) is 6.83. The summed E-state index contributed by atoms with van der Waals surface area (Å²) in [4.78, 5) is 11.7. The number of hydrogen-bond donors (Lipinski definition) is 2. The smallest absolute Gasteiger partial charge is 0.236 e. The Kier molecular flexibility index (Phi) is 7.39. The molecular weight excluding hydrogens is 200 g/mol. The van der Waals surface area contributed by atoms with Crippen LogP contribution in [0.25, 0.3) is 0 Å². The molecular formula is C13H28N2O. The second-order valence-electron chi connectivity index (χ2n) is 5.10. The van der Waals surface area contributed by atoms with Crippen LogP contribution < -0.4 is 10.6 Å². The minimum atomic E-state index is -0.114. The normalized spacial score (nSPS) is 13.6. The quantitative estimate of drug-likeness (QED) is 0.627. The fourth-order valence-corrected chi connectivity index (χ4v) is 1.49. The zero-order valence-electron chi connectivity index (χ0n) is 11.5. The van der Waals surface area contributed by atoms with Gasteiger partial charge in [-0.1, -0.05) is 26.7 Å². The Hall–Kier alpha value is -0.570. The largest absolute Gasteiger partial charge is 0.355 e. The van der Waals surface area contributed by atoms with Gasteiger partial charge < -0.3 is 10.6 Å². The molecule has 1 amide bonds. The van der Waals surface area contributed by atoms with Crippen molar-refractivity contribution >= 4 is 5.91 Å². The Morgan fingerprint density at radius 1 is 1.25 bits per heavy atom. The van der Waals surface area contributed by atoms with Gasteiger partial charge in [0.1, 0.15) is 0 Å². The van der Waals surface area contributed by atoms with Gasteiger partial charge in [0.25, 0.3) is 0 Å². The molecule has 1 unspecified atom stereocenters. The Morgan fingerprint density at radius 3 is 2.38 bits per heavy atom. The first-order chi connectivity index (χ1) is 7.43. The maximum absolute atomic E-state index is 11.7. The number of amides is 1. The van der Waals surface area contributed by atoms with Crippen LogP contribution in [0.2, 0.25) is 0 Å². The van der Waals surface area contributed by atoms with Gasteiger partial charge in [0.2, 0.25) is 5.91 Å². The molecule has 0 aliphatic rings. The van der Waals surface area contributed by atoms with Gasteiger partial charge in [-0.25, -0.2) is 0 Å². The van der Waals surface area contributed by atoms with Gasteiger partial charge in [-0.05, 0) is 33.6 Å². The van der Waals surface area contributed by atoms with Crippen molar-refractivity contribution in [1.29, 1.82) is 0 Å². The molecule has 0 saturated carbocycles. The average molecular weight is 228 g/mol. The Morgan fingerprint density at radius 2 is 1.88 bits per heavy atom. The van der Waals surface area contributed by atoms with Crippen molar-refractivity contribution < 1.29 is 4.79 Å². The summed E-state index contributed by atoms with van der Waals surface area (Å²) >= 11 is 0. The second-order valence-corrected chi connectivity index (χ2v) is 5.10. The van der Waals surface area contributed by atoms with E-state index in [2.05, 4.69) is 38.3 Å². The first-order valence-corrected chi connectivity index (χ1v) is 6.48. The first kappa shape index (κ1) is 15.4. The summed E-state index contributed by atoms with van der Waals surface area (Å²) in [5.74, 6) is 0.109. The van der Waals surface area contributed by atoms with Crippen LogP contribution in [0.1, 0.15) is 60.3 Å². The van der Waals surface area contributed by atoms with Gasteiger partial charge in [0.15, 0.2) is 0 Å². The molecule has 2 N–H and O–H groups in total. The number of rotatable bonds is 8. The molecule has 16 heavy (non-hydrogen) atoms. The predicted molar refractivity (Wildman–Crippen MR) is 69.5 cm³/mol. The monoisotopic (exact) mass is 228 g/mol. The van der Waals surface area contributed by atoms with Crippen molar-refractivity contribution in [2.45, 2.75) is 71.9 Å². The van der Waals surface area contributed by atoms with Crippen molar-refractivity contribution in [3.63, 3.8) is 0 Å². The minimum Gasteiger partial charge on any atom is -0.355 e. The summed E-state index contributed by atoms with van der Waals surface area (Å²) in [6.07, 6.45) is 4.46. The fourth-order valence-electron chi connectivity index (χ4n) is 1.49. The summed E-state index contributed by atoms with van der Waals surface area (Å²) < 4.78 is 0. The molecule has 96 valence electrons. The zero-order chi connectivity index (χ0) is 12.6. The first-order valence-electron chi connectivity index (χ1n) is 6.48. The van der Waals surface area contributed by atoms with Crippen LogP contribution in [-0.4, -0.2) is 24.0 Å². The molecule has 0 aromatic rings. The number of carbonyl (C=O) groups excluding carboxylic acids is 1. The molecule has 0 aromatic carbocycles. The highest BCUT2D eigenvalue weighted by molar-refractivity contribution is 5.81. The molecule has 3 nitrogen and oxygen atoms in total. The third-order valence-electron chi connectivity index (χ3n) is 2.96. The predicted octanol–water partition coefficient (Wildman–Crippen LogP) is 2.46. The highest BCUT2D eigenvalue weighted by atomic mass is 16.2. The van der Waals surface area contributed by atoms with E-state index in [9.17, 15) is 4.79 Å². The van der Waals surface area contributed by atoms with Crippen LogP contribution in [0.4, 0.5) is 0 Å². The summed E-state index contributed by atoms with van der Waals surface area (Å²) in [5.41, 5.74) is 0.0280. The lowest BCUT2D eigenvalue weighted by atomic mass is 10.0. The molecule has 3 heteroatoms. The topological polar surface area (TPSA) is 41.1 Å². The molecule has 0 aliphatic carbocycles. The van der Waals surface area contributed by atoms with Gasteiger partial charge in [0, 0.05) is 12.1 Å². The van der Waals surface area contributed by atoms with Crippen molar-refractivity contribution in [3.8, 4) is 0 Å². The van der Waals surface area contributed by atoms with E-state index in [0.717, 1.165) is 19.4 Å². The number of hydrogen-bond acceptors (Lipinski definition) is 2. The number of unbranched alkanes of at least 4 members (excludes halogenated alkanes) is 2.